The Morgan fingerprint density at radius 3 is 2.02 bits per heavy atom. The molecule has 2 nitrogen and oxygen atoms in total. The van der Waals surface area contributed by atoms with Gasteiger partial charge in [0.1, 0.15) is 11.2 Å². The largest absolute Gasteiger partial charge is 0.455 e. The van der Waals surface area contributed by atoms with Gasteiger partial charge in [-0.25, -0.2) is 0 Å². The predicted octanol–water partition coefficient (Wildman–Crippen LogP) is 15.7. The van der Waals surface area contributed by atoms with Crippen LogP contribution < -0.4 is 4.90 Å². The Kier molecular flexibility index (Phi) is 6.59. The molecule has 0 spiro atoms. The second kappa shape index (κ2) is 11.7. The number of furan rings is 1. The number of fused-ring (bicyclic) bond motifs is 13. The molecule has 2 aromatic heterocycles. The molecule has 1 aliphatic rings. The van der Waals surface area contributed by atoms with Gasteiger partial charge in [0.05, 0.1) is 0 Å². The molecule has 0 bridgehead atoms. The first-order chi connectivity index (χ1) is 27.5. The fourth-order valence-corrected chi connectivity index (χ4v) is 10.6. The highest BCUT2D eigenvalue weighted by molar-refractivity contribution is 7.26. The average Bonchev–Trinajstić information content (AvgIpc) is 3.88. The van der Waals surface area contributed by atoms with Crippen LogP contribution in [0.25, 0.3) is 85.9 Å². The lowest BCUT2D eigenvalue weighted by Gasteiger charge is -2.27. The number of rotatable bonds is 4. The molecule has 12 rings (SSSR count). The van der Waals surface area contributed by atoms with E-state index in [0.29, 0.717) is 0 Å². The first-order valence-corrected chi connectivity index (χ1v) is 20.1. The Bertz CT molecular complexity index is 3400. The van der Waals surface area contributed by atoms with Crippen molar-refractivity contribution in [1.29, 1.82) is 0 Å². The highest BCUT2D eigenvalue weighted by Crippen LogP contribution is 2.51. The smallest absolute Gasteiger partial charge is 0.143 e. The third kappa shape index (κ3) is 4.55. The van der Waals surface area contributed by atoms with Crippen LogP contribution in [-0.2, 0) is 5.41 Å². The number of thiophene rings is 1. The molecule has 3 heteroatoms. The van der Waals surface area contributed by atoms with Crippen LogP contribution in [0.4, 0.5) is 17.1 Å². The molecule has 11 aromatic rings. The van der Waals surface area contributed by atoms with E-state index in [2.05, 4.69) is 195 Å². The van der Waals surface area contributed by atoms with E-state index in [1.165, 1.54) is 80.5 Å². The van der Waals surface area contributed by atoms with Crippen molar-refractivity contribution < 1.29 is 4.42 Å². The molecule has 0 aliphatic heterocycles. The Morgan fingerprint density at radius 1 is 0.446 bits per heavy atom. The summed E-state index contributed by atoms with van der Waals surface area (Å²) in [6.07, 6.45) is 0. The molecule has 1 aliphatic carbocycles. The van der Waals surface area contributed by atoms with Crippen LogP contribution in [0.15, 0.2) is 180 Å². The summed E-state index contributed by atoms with van der Waals surface area (Å²) in [5, 5.41) is 9.75. The highest BCUT2D eigenvalue weighted by Gasteiger charge is 2.35. The second-order valence-corrected chi connectivity index (χ2v) is 16.8. The maximum atomic E-state index is 6.60. The molecule has 0 amide bonds. The third-order valence-corrected chi connectivity index (χ3v) is 13.4. The van der Waals surface area contributed by atoms with Crippen molar-refractivity contribution >= 4 is 92.1 Å². The van der Waals surface area contributed by atoms with E-state index in [-0.39, 0.29) is 5.41 Å². The van der Waals surface area contributed by atoms with Crippen LogP contribution >= 0.6 is 11.3 Å². The van der Waals surface area contributed by atoms with Crippen molar-refractivity contribution in [3.8, 4) is 22.3 Å². The molecular formula is C53H35NOS. The molecule has 0 saturated heterocycles. The summed E-state index contributed by atoms with van der Waals surface area (Å²) in [7, 11) is 0. The fraction of sp³-hybridized carbons (Fsp3) is 0.0566. The molecule has 2 heterocycles. The molecule has 0 unspecified atom stereocenters. The Labute approximate surface area is 328 Å². The molecular weight excluding hydrogens is 699 g/mol. The first-order valence-electron chi connectivity index (χ1n) is 19.3. The zero-order valence-corrected chi connectivity index (χ0v) is 31.8. The lowest BCUT2D eigenvalue weighted by Crippen LogP contribution is -2.15. The van der Waals surface area contributed by atoms with Crippen molar-refractivity contribution in [2.75, 3.05) is 4.90 Å². The fourth-order valence-electron chi connectivity index (χ4n) is 9.45. The van der Waals surface area contributed by atoms with Crippen LogP contribution in [0.5, 0.6) is 0 Å². The predicted molar refractivity (Wildman–Crippen MR) is 239 cm³/mol. The Hall–Kier alpha value is -6.68. The summed E-state index contributed by atoms with van der Waals surface area (Å²) < 4.78 is 9.13. The van der Waals surface area contributed by atoms with Crippen molar-refractivity contribution in [1.82, 2.24) is 0 Å². The minimum absolute atomic E-state index is 0.0539. The van der Waals surface area contributed by atoms with Crippen molar-refractivity contribution in [2.24, 2.45) is 0 Å². The standard InChI is InChI=1S/C53H35NOS/c1-53(2)45-14-8-7-13-41(45)44-30-38(23-26-46(44)53)54(37-20-17-33(18-21-37)36-16-15-32-9-3-4-11-35(32)29-36)39-22-25-42-49(31-39)56-48-28-27-47-50(51(42)48)43-24-19-34-10-5-6-12-40(34)52(43)55-47/h3-31H,1-2H3. The Morgan fingerprint density at radius 2 is 1.12 bits per heavy atom. The van der Waals surface area contributed by atoms with E-state index in [1.807, 2.05) is 11.3 Å². The topological polar surface area (TPSA) is 16.4 Å². The van der Waals surface area contributed by atoms with Gasteiger partial charge in [-0.15, -0.1) is 11.3 Å². The molecule has 0 N–H and O–H groups in total. The first kappa shape index (κ1) is 31.6. The lowest BCUT2D eigenvalue weighted by molar-refractivity contribution is 0.660. The van der Waals surface area contributed by atoms with Crippen LogP contribution in [0.1, 0.15) is 25.0 Å². The van der Waals surface area contributed by atoms with E-state index < -0.39 is 0 Å². The van der Waals surface area contributed by atoms with Gasteiger partial charge < -0.3 is 9.32 Å². The number of anilines is 3. The second-order valence-electron chi connectivity index (χ2n) is 15.7. The van der Waals surface area contributed by atoms with E-state index >= 15 is 0 Å². The highest BCUT2D eigenvalue weighted by atomic mass is 32.1. The quantitative estimate of drug-likeness (QED) is 0.179. The molecule has 9 aromatic carbocycles. The molecule has 0 atom stereocenters. The molecule has 0 fully saturated rings. The summed E-state index contributed by atoms with van der Waals surface area (Å²) in [4.78, 5) is 2.43. The van der Waals surface area contributed by atoms with E-state index in [4.69, 9.17) is 4.42 Å². The third-order valence-electron chi connectivity index (χ3n) is 12.2. The van der Waals surface area contributed by atoms with Crippen LogP contribution in [0.2, 0.25) is 0 Å². The maximum absolute atomic E-state index is 6.60. The van der Waals surface area contributed by atoms with Crippen LogP contribution in [0.3, 0.4) is 0 Å². The van der Waals surface area contributed by atoms with E-state index in [0.717, 1.165) is 33.6 Å². The van der Waals surface area contributed by atoms with Crippen molar-refractivity contribution in [3.63, 3.8) is 0 Å². The lowest BCUT2D eigenvalue weighted by atomic mass is 9.82. The summed E-state index contributed by atoms with van der Waals surface area (Å²) in [5.74, 6) is 0. The summed E-state index contributed by atoms with van der Waals surface area (Å²) >= 11 is 1.86. The number of hydrogen-bond donors (Lipinski definition) is 0. The van der Waals surface area contributed by atoms with Crippen molar-refractivity contribution in [2.45, 2.75) is 19.3 Å². The number of benzene rings is 9. The van der Waals surface area contributed by atoms with Gasteiger partial charge in [0.2, 0.25) is 0 Å². The van der Waals surface area contributed by atoms with Crippen LogP contribution in [0, 0.1) is 0 Å². The summed E-state index contributed by atoms with van der Waals surface area (Å²) in [6.45, 7) is 4.69. The van der Waals surface area contributed by atoms with E-state index in [1.54, 1.807) is 0 Å². The summed E-state index contributed by atoms with van der Waals surface area (Å²) in [6, 6.07) is 64.7. The molecule has 56 heavy (non-hydrogen) atoms. The van der Waals surface area contributed by atoms with Crippen LogP contribution in [-0.4, -0.2) is 0 Å². The number of hydrogen-bond acceptors (Lipinski definition) is 3. The normalized spacial score (nSPS) is 13.3. The Balaban J connectivity index is 1.04. The van der Waals surface area contributed by atoms with Gasteiger partial charge in [-0.2, -0.15) is 0 Å². The van der Waals surface area contributed by atoms with Crippen molar-refractivity contribution in [3.05, 3.63) is 187 Å². The summed E-state index contributed by atoms with van der Waals surface area (Å²) in [5.41, 5.74) is 13.0. The van der Waals surface area contributed by atoms with Gasteiger partial charge in [-0.1, -0.05) is 129 Å². The van der Waals surface area contributed by atoms with Gasteiger partial charge >= 0.3 is 0 Å². The number of nitrogens with zero attached hydrogens (tertiary/aromatic N) is 1. The van der Waals surface area contributed by atoms with Gasteiger partial charge in [0, 0.05) is 58.8 Å². The minimum Gasteiger partial charge on any atom is -0.455 e. The average molecular weight is 734 g/mol. The van der Waals surface area contributed by atoms with Gasteiger partial charge in [-0.05, 0) is 110 Å². The zero-order valence-electron chi connectivity index (χ0n) is 31.0. The molecule has 0 saturated carbocycles. The van der Waals surface area contributed by atoms with E-state index in [9.17, 15) is 0 Å². The maximum Gasteiger partial charge on any atom is 0.143 e. The van der Waals surface area contributed by atoms with Gasteiger partial charge in [0.25, 0.3) is 0 Å². The molecule has 264 valence electrons. The van der Waals surface area contributed by atoms with Gasteiger partial charge in [-0.3, -0.25) is 0 Å². The minimum atomic E-state index is -0.0539. The van der Waals surface area contributed by atoms with Gasteiger partial charge in [0.15, 0.2) is 0 Å². The molecule has 0 radical (unpaired) electrons. The SMILES string of the molecule is CC1(C)c2ccccc2-c2cc(N(c3ccc(-c4ccc5ccccc5c4)cc3)c3ccc4c(c3)sc3ccc5oc6c7ccccc7ccc6c5c34)ccc21. The zero-order chi connectivity index (χ0) is 37.1. The monoisotopic (exact) mass is 733 g/mol.